The molecule has 0 aliphatic carbocycles. The number of hydrogen-bond donors (Lipinski definition) is 0. The van der Waals surface area contributed by atoms with Crippen LogP contribution in [0.2, 0.25) is 0 Å². The Morgan fingerprint density at radius 2 is 2.33 bits per heavy atom. The molecule has 0 spiro atoms. The Kier molecular flexibility index (Phi) is 3.41. The fourth-order valence-electron chi connectivity index (χ4n) is 1.53. The zero-order valence-electron chi connectivity index (χ0n) is 6.79. The minimum Gasteiger partial charge on any atom is -0.321 e. The van der Waals surface area contributed by atoms with Gasteiger partial charge in [0.15, 0.2) is 0 Å². The molecule has 68 valence electrons. The Bertz CT molecular complexity index is 223. The normalized spacial score (nSPS) is 21.9. The van der Waals surface area contributed by atoms with E-state index in [1.165, 1.54) is 12.3 Å². The summed E-state index contributed by atoms with van der Waals surface area (Å²) in [6, 6.07) is 0. The van der Waals surface area contributed by atoms with Gasteiger partial charge in [-0.2, -0.15) is 0 Å². The maximum Gasteiger partial charge on any atom is 0.106 e. The number of amidine groups is 1. The van der Waals surface area contributed by atoms with Crippen molar-refractivity contribution >= 4 is 29.8 Å². The van der Waals surface area contributed by atoms with Crippen molar-refractivity contribution in [3.05, 3.63) is 11.2 Å². The molecule has 0 saturated heterocycles. The number of nitrogens with zero attached hydrogens (tertiary/aromatic N) is 2. The molecule has 0 saturated carbocycles. The van der Waals surface area contributed by atoms with Gasteiger partial charge in [-0.25, -0.2) is 0 Å². The highest BCUT2D eigenvalue weighted by Gasteiger charge is 2.20. The van der Waals surface area contributed by atoms with Crippen LogP contribution in [0.1, 0.15) is 19.3 Å². The molecule has 0 N–H and O–H groups in total. The Morgan fingerprint density at radius 1 is 1.50 bits per heavy atom. The molecule has 2 rings (SSSR count). The molecule has 12 heavy (non-hydrogen) atoms. The second-order valence-corrected chi connectivity index (χ2v) is 3.26. The van der Waals surface area contributed by atoms with Crippen molar-refractivity contribution in [2.75, 3.05) is 13.1 Å². The van der Waals surface area contributed by atoms with E-state index in [-0.39, 0.29) is 12.4 Å². The van der Waals surface area contributed by atoms with Crippen LogP contribution in [0, 0.1) is 0 Å². The highest BCUT2D eigenvalue weighted by atomic mass is 35.5. The second kappa shape index (κ2) is 4.15. The van der Waals surface area contributed by atoms with Gasteiger partial charge in [0.05, 0.1) is 0 Å². The summed E-state index contributed by atoms with van der Waals surface area (Å²) in [5.41, 5.74) is 0. The quantitative estimate of drug-likeness (QED) is 0.557. The lowest BCUT2D eigenvalue weighted by Crippen LogP contribution is -2.24. The SMILES string of the molecule is Cl.ClC1=CCCN1C1=NCCC1. The highest BCUT2D eigenvalue weighted by molar-refractivity contribution is 6.30. The molecule has 0 aromatic rings. The van der Waals surface area contributed by atoms with Gasteiger partial charge in [-0.05, 0) is 18.9 Å². The van der Waals surface area contributed by atoms with Crippen LogP contribution in [0.4, 0.5) is 0 Å². The van der Waals surface area contributed by atoms with E-state index in [9.17, 15) is 0 Å². The Labute approximate surface area is 83.7 Å². The highest BCUT2D eigenvalue weighted by Crippen LogP contribution is 2.22. The van der Waals surface area contributed by atoms with Crippen molar-refractivity contribution in [3.8, 4) is 0 Å². The number of hydrogen-bond acceptors (Lipinski definition) is 2. The monoisotopic (exact) mass is 206 g/mol. The van der Waals surface area contributed by atoms with Crippen LogP contribution in [0.25, 0.3) is 0 Å². The lowest BCUT2D eigenvalue weighted by Gasteiger charge is -2.17. The fourth-order valence-corrected chi connectivity index (χ4v) is 1.82. The van der Waals surface area contributed by atoms with Crippen LogP contribution in [0.5, 0.6) is 0 Å². The zero-order chi connectivity index (χ0) is 7.68. The van der Waals surface area contributed by atoms with Crippen molar-refractivity contribution < 1.29 is 0 Å². The van der Waals surface area contributed by atoms with E-state index in [0.29, 0.717) is 0 Å². The molecular weight excluding hydrogens is 195 g/mol. The standard InChI is InChI=1S/C8H11ClN2.ClH/c9-7-3-2-6-11(7)8-4-1-5-10-8;/h3H,1-2,4-6H2;1H. The summed E-state index contributed by atoms with van der Waals surface area (Å²) in [7, 11) is 0. The third-order valence-electron chi connectivity index (χ3n) is 2.09. The second-order valence-electron chi connectivity index (χ2n) is 2.87. The predicted octanol–water partition coefficient (Wildman–Crippen LogP) is 2.39. The smallest absolute Gasteiger partial charge is 0.106 e. The molecule has 0 atom stereocenters. The van der Waals surface area contributed by atoms with E-state index >= 15 is 0 Å². The fraction of sp³-hybridized carbons (Fsp3) is 0.625. The minimum atomic E-state index is 0. The van der Waals surface area contributed by atoms with Crippen LogP contribution in [0.3, 0.4) is 0 Å². The van der Waals surface area contributed by atoms with Crippen LogP contribution < -0.4 is 0 Å². The summed E-state index contributed by atoms with van der Waals surface area (Å²) in [5.74, 6) is 1.18. The number of aliphatic imine (C=N–C) groups is 1. The first-order valence-electron chi connectivity index (χ1n) is 4.04. The summed E-state index contributed by atoms with van der Waals surface area (Å²) in [5, 5.41) is 0.866. The summed E-state index contributed by atoms with van der Waals surface area (Å²) in [4.78, 5) is 6.51. The van der Waals surface area contributed by atoms with Crippen molar-refractivity contribution in [2.24, 2.45) is 4.99 Å². The van der Waals surface area contributed by atoms with Crippen molar-refractivity contribution in [1.29, 1.82) is 0 Å². The maximum absolute atomic E-state index is 5.96. The van der Waals surface area contributed by atoms with E-state index in [4.69, 9.17) is 11.6 Å². The van der Waals surface area contributed by atoms with Gasteiger partial charge >= 0.3 is 0 Å². The van der Waals surface area contributed by atoms with Gasteiger partial charge in [0.25, 0.3) is 0 Å². The molecule has 2 aliphatic rings. The number of halogens is 2. The van der Waals surface area contributed by atoms with E-state index < -0.39 is 0 Å². The van der Waals surface area contributed by atoms with E-state index in [1.54, 1.807) is 0 Å². The largest absolute Gasteiger partial charge is 0.321 e. The Morgan fingerprint density at radius 3 is 2.83 bits per heavy atom. The van der Waals surface area contributed by atoms with Crippen LogP contribution in [-0.4, -0.2) is 23.8 Å². The van der Waals surface area contributed by atoms with Gasteiger partial charge in [-0.15, -0.1) is 12.4 Å². The van der Waals surface area contributed by atoms with Crippen molar-refractivity contribution in [3.63, 3.8) is 0 Å². The van der Waals surface area contributed by atoms with E-state index in [2.05, 4.69) is 16.0 Å². The molecule has 0 aromatic heterocycles. The van der Waals surface area contributed by atoms with E-state index in [0.717, 1.165) is 31.1 Å². The molecule has 0 unspecified atom stereocenters. The average Bonchev–Trinajstić information content (AvgIpc) is 2.55. The molecule has 2 heterocycles. The van der Waals surface area contributed by atoms with Crippen LogP contribution in [0.15, 0.2) is 16.2 Å². The van der Waals surface area contributed by atoms with Gasteiger partial charge < -0.3 is 4.90 Å². The lowest BCUT2D eigenvalue weighted by atomic mass is 10.3. The summed E-state index contributed by atoms with van der Waals surface area (Å²) < 4.78 is 0. The maximum atomic E-state index is 5.96. The predicted molar refractivity (Wildman–Crippen MR) is 54.0 cm³/mol. The molecule has 2 nitrogen and oxygen atoms in total. The van der Waals surface area contributed by atoms with E-state index in [1.807, 2.05) is 0 Å². The average molecular weight is 207 g/mol. The minimum absolute atomic E-state index is 0. The van der Waals surface area contributed by atoms with Gasteiger partial charge in [0.1, 0.15) is 11.0 Å². The molecular formula is C8H12Cl2N2. The first-order valence-corrected chi connectivity index (χ1v) is 4.42. The summed E-state index contributed by atoms with van der Waals surface area (Å²) >= 11 is 5.96. The molecule has 0 radical (unpaired) electrons. The van der Waals surface area contributed by atoms with Crippen molar-refractivity contribution in [2.45, 2.75) is 19.3 Å². The third-order valence-corrected chi connectivity index (χ3v) is 2.45. The number of rotatable bonds is 0. The van der Waals surface area contributed by atoms with Crippen LogP contribution >= 0.6 is 24.0 Å². The van der Waals surface area contributed by atoms with Gasteiger partial charge in [0, 0.05) is 19.5 Å². The zero-order valence-corrected chi connectivity index (χ0v) is 8.37. The first kappa shape index (κ1) is 9.87. The summed E-state index contributed by atoms with van der Waals surface area (Å²) in [6.07, 6.45) is 5.42. The van der Waals surface area contributed by atoms with Gasteiger partial charge in [0.2, 0.25) is 0 Å². The molecule has 2 aliphatic heterocycles. The first-order chi connectivity index (χ1) is 5.38. The topological polar surface area (TPSA) is 15.6 Å². The summed E-state index contributed by atoms with van der Waals surface area (Å²) in [6.45, 7) is 2.01. The van der Waals surface area contributed by atoms with Crippen LogP contribution in [-0.2, 0) is 0 Å². The molecule has 0 fully saturated rings. The molecule has 0 aromatic carbocycles. The Balaban J connectivity index is 0.000000720. The lowest BCUT2D eigenvalue weighted by molar-refractivity contribution is 0.579. The van der Waals surface area contributed by atoms with Gasteiger partial charge in [-0.3, -0.25) is 4.99 Å². The third kappa shape index (κ3) is 1.75. The molecule has 0 bridgehead atoms. The molecule has 0 amide bonds. The molecule has 4 heteroatoms. The Hall–Kier alpha value is -0.210. The van der Waals surface area contributed by atoms with Crippen molar-refractivity contribution in [1.82, 2.24) is 4.90 Å². The van der Waals surface area contributed by atoms with Gasteiger partial charge in [-0.1, -0.05) is 11.6 Å².